The molecule has 10 heteroatoms. The zero-order valence-electron chi connectivity index (χ0n) is 13.8. The van der Waals surface area contributed by atoms with Crippen molar-refractivity contribution in [2.45, 2.75) is 11.8 Å². The lowest BCUT2D eigenvalue weighted by molar-refractivity contribution is 0.414. The average Bonchev–Trinajstić information content (AvgIpc) is 2.94. The molecule has 2 heterocycles. The number of hydrogen-bond acceptors (Lipinski definition) is 5. The highest BCUT2D eigenvalue weighted by atomic mass is 35.5. The van der Waals surface area contributed by atoms with Crippen LogP contribution in [0.15, 0.2) is 47.5 Å². The van der Waals surface area contributed by atoms with Crippen molar-refractivity contribution >= 4 is 39.0 Å². The summed E-state index contributed by atoms with van der Waals surface area (Å²) in [5, 5.41) is 4.86. The summed E-state index contributed by atoms with van der Waals surface area (Å²) in [5.74, 6) is 1.02. The van der Waals surface area contributed by atoms with E-state index in [-0.39, 0.29) is 21.6 Å². The van der Waals surface area contributed by atoms with Crippen LogP contribution in [-0.4, -0.2) is 30.3 Å². The number of aryl methyl sites for hydroxylation is 1. The first-order valence-electron chi connectivity index (χ1n) is 7.35. The fraction of sp³-hybridized carbons (Fsp3) is 0.125. The lowest BCUT2D eigenvalue weighted by Gasteiger charge is -2.11. The lowest BCUT2D eigenvalue weighted by atomic mass is 10.3. The molecule has 0 spiro atoms. The Hall–Kier alpha value is -2.29. The summed E-state index contributed by atoms with van der Waals surface area (Å²) in [7, 11) is -2.33. The highest BCUT2D eigenvalue weighted by Gasteiger charge is 2.20. The Labute approximate surface area is 160 Å². The van der Waals surface area contributed by atoms with E-state index in [0.29, 0.717) is 16.5 Å². The van der Waals surface area contributed by atoms with Crippen molar-refractivity contribution in [3.05, 3.63) is 58.3 Å². The van der Waals surface area contributed by atoms with E-state index in [1.54, 1.807) is 25.1 Å². The molecule has 1 aromatic carbocycles. The molecule has 2 aromatic heterocycles. The molecule has 1 N–H and O–H groups in total. The number of ether oxygens (including phenoxy) is 1. The second kappa shape index (κ2) is 7.14. The number of halogens is 2. The van der Waals surface area contributed by atoms with Crippen molar-refractivity contribution in [2.24, 2.45) is 0 Å². The van der Waals surface area contributed by atoms with Gasteiger partial charge in [0.05, 0.1) is 27.7 Å². The highest BCUT2D eigenvalue weighted by Crippen LogP contribution is 2.26. The van der Waals surface area contributed by atoms with E-state index >= 15 is 0 Å². The number of sulfonamides is 1. The Bertz CT molecular complexity index is 1050. The first kappa shape index (κ1) is 18.5. The van der Waals surface area contributed by atoms with Gasteiger partial charge in [-0.15, -0.1) is 0 Å². The van der Waals surface area contributed by atoms with Crippen LogP contribution in [0.25, 0.3) is 5.82 Å². The molecule has 0 bridgehead atoms. The highest BCUT2D eigenvalue weighted by molar-refractivity contribution is 7.92. The van der Waals surface area contributed by atoms with Crippen LogP contribution < -0.4 is 9.46 Å². The number of rotatable bonds is 5. The molecular formula is C16H14Cl2N4O3S. The molecule has 0 atom stereocenters. The van der Waals surface area contributed by atoms with Gasteiger partial charge in [-0.05, 0) is 37.3 Å². The minimum absolute atomic E-state index is 0.0823. The van der Waals surface area contributed by atoms with Gasteiger partial charge in [-0.1, -0.05) is 23.2 Å². The predicted octanol–water partition coefficient (Wildman–Crippen LogP) is 3.69. The van der Waals surface area contributed by atoms with Crippen LogP contribution in [0.3, 0.4) is 0 Å². The maximum atomic E-state index is 12.7. The Balaban J connectivity index is 1.99. The Kier molecular flexibility index (Phi) is 5.08. The predicted molar refractivity (Wildman–Crippen MR) is 99.9 cm³/mol. The quantitative estimate of drug-likeness (QED) is 0.690. The molecule has 0 aliphatic heterocycles. The molecule has 0 saturated heterocycles. The summed E-state index contributed by atoms with van der Waals surface area (Å²) in [6.07, 6.45) is 1.40. The fourth-order valence-corrected chi connectivity index (χ4v) is 3.74. The zero-order valence-corrected chi connectivity index (χ0v) is 16.1. The summed E-state index contributed by atoms with van der Waals surface area (Å²) in [6.45, 7) is 1.73. The molecule has 0 fully saturated rings. The number of nitrogens with zero attached hydrogens (tertiary/aromatic N) is 3. The number of methoxy groups -OCH3 is 1. The molecule has 26 heavy (non-hydrogen) atoms. The largest absolute Gasteiger partial charge is 0.497 e. The van der Waals surface area contributed by atoms with Crippen LogP contribution in [0.5, 0.6) is 5.75 Å². The number of pyridine rings is 1. The van der Waals surface area contributed by atoms with Crippen LogP contribution >= 0.6 is 23.2 Å². The summed E-state index contributed by atoms with van der Waals surface area (Å²) < 4.78 is 34.2. The summed E-state index contributed by atoms with van der Waals surface area (Å²) in [6, 6.07) is 9.10. The van der Waals surface area contributed by atoms with Crippen LogP contribution in [-0.2, 0) is 10.0 Å². The minimum atomic E-state index is -3.84. The molecule has 0 amide bonds. The monoisotopic (exact) mass is 412 g/mol. The van der Waals surface area contributed by atoms with Gasteiger partial charge in [-0.2, -0.15) is 9.78 Å². The number of anilines is 1. The normalized spacial score (nSPS) is 11.4. The van der Waals surface area contributed by atoms with Crippen LogP contribution in [0.4, 0.5) is 5.82 Å². The van der Waals surface area contributed by atoms with Crippen LogP contribution in [0.2, 0.25) is 10.0 Å². The van der Waals surface area contributed by atoms with E-state index in [4.69, 9.17) is 27.9 Å². The third kappa shape index (κ3) is 3.77. The lowest BCUT2D eigenvalue weighted by Crippen LogP contribution is -2.16. The molecule has 0 radical (unpaired) electrons. The minimum Gasteiger partial charge on any atom is -0.497 e. The smallest absolute Gasteiger partial charge is 0.263 e. The van der Waals surface area contributed by atoms with Crippen molar-refractivity contribution in [1.29, 1.82) is 0 Å². The van der Waals surface area contributed by atoms with Crippen molar-refractivity contribution in [3.63, 3.8) is 0 Å². The number of nitrogens with one attached hydrogen (secondary N) is 1. The van der Waals surface area contributed by atoms with Gasteiger partial charge in [0.25, 0.3) is 10.0 Å². The maximum Gasteiger partial charge on any atom is 0.263 e. The Morgan fingerprint density at radius 2 is 1.85 bits per heavy atom. The van der Waals surface area contributed by atoms with Crippen LogP contribution in [0, 0.1) is 6.92 Å². The molecule has 0 saturated carbocycles. The van der Waals surface area contributed by atoms with E-state index in [2.05, 4.69) is 14.8 Å². The zero-order chi connectivity index (χ0) is 18.9. The van der Waals surface area contributed by atoms with Crippen molar-refractivity contribution in [1.82, 2.24) is 14.8 Å². The SMILES string of the molecule is COc1ccc(S(=O)(=O)Nc2cc(C)nn2-c2ncc(Cl)cc2Cl)cc1. The topological polar surface area (TPSA) is 86.1 Å². The van der Waals surface area contributed by atoms with Gasteiger partial charge in [0.15, 0.2) is 5.82 Å². The van der Waals surface area contributed by atoms with E-state index in [9.17, 15) is 8.42 Å². The molecule has 7 nitrogen and oxygen atoms in total. The summed E-state index contributed by atoms with van der Waals surface area (Å²) in [5.41, 5.74) is 0.588. The number of hydrogen-bond donors (Lipinski definition) is 1. The summed E-state index contributed by atoms with van der Waals surface area (Å²) in [4.78, 5) is 4.21. The molecule has 0 unspecified atom stereocenters. The van der Waals surface area contributed by atoms with Crippen molar-refractivity contribution < 1.29 is 13.2 Å². The Morgan fingerprint density at radius 1 is 1.15 bits per heavy atom. The van der Waals surface area contributed by atoms with Crippen LogP contribution in [0.1, 0.15) is 5.69 Å². The molecule has 0 aliphatic rings. The molecule has 0 aliphatic carbocycles. The first-order chi connectivity index (χ1) is 12.3. The standard InChI is InChI=1S/C16H14Cl2N4O3S/c1-10-7-15(22(20-10)16-14(18)8-11(17)9-19-16)21-26(23,24)13-5-3-12(25-2)4-6-13/h3-9,21H,1-2H3. The maximum absolute atomic E-state index is 12.7. The molecule has 136 valence electrons. The van der Waals surface area contributed by atoms with Gasteiger partial charge in [-0.3, -0.25) is 4.72 Å². The second-order valence-corrected chi connectivity index (χ2v) is 7.85. The third-order valence-electron chi connectivity index (χ3n) is 3.43. The van der Waals surface area contributed by atoms with Gasteiger partial charge in [0, 0.05) is 12.3 Å². The van der Waals surface area contributed by atoms with Gasteiger partial charge < -0.3 is 4.74 Å². The summed E-state index contributed by atoms with van der Waals surface area (Å²) >= 11 is 12.0. The van der Waals surface area contributed by atoms with Gasteiger partial charge >= 0.3 is 0 Å². The number of aromatic nitrogens is 3. The third-order valence-corrected chi connectivity index (χ3v) is 5.28. The van der Waals surface area contributed by atoms with E-state index in [1.807, 2.05) is 0 Å². The average molecular weight is 413 g/mol. The number of benzene rings is 1. The van der Waals surface area contributed by atoms with Gasteiger partial charge in [0.1, 0.15) is 11.6 Å². The molecule has 3 aromatic rings. The van der Waals surface area contributed by atoms with Crippen molar-refractivity contribution in [2.75, 3.05) is 11.8 Å². The van der Waals surface area contributed by atoms with Crippen molar-refractivity contribution in [3.8, 4) is 11.6 Å². The Morgan fingerprint density at radius 3 is 2.46 bits per heavy atom. The molecular weight excluding hydrogens is 399 g/mol. The second-order valence-electron chi connectivity index (χ2n) is 5.32. The molecule has 3 rings (SSSR count). The fourth-order valence-electron chi connectivity index (χ4n) is 2.25. The van der Waals surface area contributed by atoms with Gasteiger partial charge in [-0.25, -0.2) is 13.4 Å². The van der Waals surface area contributed by atoms with E-state index < -0.39 is 10.0 Å². The van der Waals surface area contributed by atoms with E-state index in [1.165, 1.54) is 36.2 Å². The van der Waals surface area contributed by atoms with Gasteiger partial charge in [0.2, 0.25) is 0 Å². The first-order valence-corrected chi connectivity index (χ1v) is 9.59. The van der Waals surface area contributed by atoms with E-state index in [0.717, 1.165) is 0 Å².